The molecule has 0 aromatic heterocycles. The highest BCUT2D eigenvalue weighted by Gasteiger charge is 2.31. The van der Waals surface area contributed by atoms with E-state index in [1.54, 1.807) is 26.0 Å². The Morgan fingerprint density at radius 2 is 1.83 bits per heavy atom. The Morgan fingerprint density at radius 1 is 1.22 bits per heavy atom. The predicted octanol–water partition coefficient (Wildman–Crippen LogP) is 4.45. The molecule has 0 bridgehead atoms. The van der Waals surface area contributed by atoms with E-state index in [1.165, 1.54) is 0 Å². The van der Waals surface area contributed by atoms with Crippen LogP contribution in [-0.4, -0.2) is 43.9 Å². The van der Waals surface area contributed by atoms with Gasteiger partial charge in [-0.25, -0.2) is 0 Å². The van der Waals surface area contributed by atoms with Crippen molar-refractivity contribution in [2.75, 3.05) is 37.9 Å². The molecule has 23 heavy (non-hydrogen) atoms. The summed E-state index contributed by atoms with van der Waals surface area (Å²) in [6.07, 6.45) is 0.657. The minimum atomic E-state index is -3.52. The van der Waals surface area contributed by atoms with Crippen molar-refractivity contribution in [1.82, 2.24) is 0 Å². The molecule has 0 aliphatic rings. The van der Waals surface area contributed by atoms with Gasteiger partial charge in [0.2, 0.25) is 6.03 Å². The zero-order chi connectivity index (χ0) is 17.5. The van der Waals surface area contributed by atoms with Crippen LogP contribution in [0.4, 0.5) is 5.69 Å². The molecule has 1 unspecified atom stereocenters. The van der Waals surface area contributed by atoms with Gasteiger partial charge in [-0.2, -0.15) is 0 Å². The molecule has 0 saturated heterocycles. The van der Waals surface area contributed by atoms with Crippen LogP contribution in [-0.2, 0) is 14.0 Å². The van der Waals surface area contributed by atoms with E-state index in [-0.39, 0.29) is 6.16 Å². The first-order valence-corrected chi connectivity index (χ1v) is 10.2. The second-order valence-corrected chi connectivity index (χ2v) is 8.26. The number of anilines is 1. The molecule has 0 fully saturated rings. The van der Waals surface area contributed by atoms with Gasteiger partial charge in [0, 0.05) is 38.7 Å². The molecule has 1 aromatic carbocycles. The third-order valence-electron chi connectivity index (χ3n) is 3.26. The lowest BCUT2D eigenvalue weighted by Gasteiger charge is -2.24. The topological polar surface area (TPSA) is 59.0 Å². The van der Waals surface area contributed by atoms with Crippen LogP contribution < -0.4 is 4.90 Å². The molecule has 0 aliphatic carbocycles. The lowest BCUT2D eigenvalue weighted by molar-refractivity contribution is -0.0871. The van der Waals surface area contributed by atoms with Gasteiger partial charge >= 0.3 is 0 Å². The molecule has 1 aromatic rings. The summed E-state index contributed by atoms with van der Waals surface area (Å²) in [5.74, 6) is 0. The third-order valence-corrected chi connectivity index (χ3v) is 5.92. The van der Waals surface area contributed by atoms with Crippen molar-refractivity contribution in [2.45, 2.75) is 26.3 Å². The van der Waals surface area contributed by atoms with E-state index in [1.807, 2.05) is 18.0 Å². The molecular formula is C15H24Cl2NO4P. The molecule has 1 atom stereocenters. The highest BCUT2D eigenvalue weighted by molar-refractivity contribution is 7.58. The molecule has 1 rings (SSSR count). The third kappa shape index (κ3) is 6.61. The summed E-state index contributed by atoms with van der Waals surface area (Å²) in [6, 6.07) is 4.31. The standard InChI is InChI=1S/C15H24Cl2NO4P/c1-4-21-15(22-5-2)23(19,20)10-6-9-18(3)12-7-8-13(16)14(17)11-12/h7-8,11,15H,4-6,9-10H2,1-3H3,(H,19,20). The quantitative estimate of drug-likeness (QED) is 0.477. The largest absolute Gasteiger partial charge is 0.375 e. The van der Waals surface area contributed by atoms with Crippen LogP contribution in [0, 0.1) is 0 Å². The van der Waals surface area contributed by atoms with Gasteiger partial charge in [0.15, 0.2) is 0 Å². The number of ether oxygens (including phenoxy) is 2. The van der Waals surface area contributed by atoms with Gasteiger partial charge in [-0.15, -0.1) is 0 Å². The highest BCUT2D eigenvalue weighted by atomic mass is 35.5. The predicted molar refractivity (Wildman–Crippen MR) is 96.1 cm³/mol. The summed E-state index contributed by atoms with van der Waals surface area (Å²) < 4.78 is 22.8. The number of nitrogens with zero attached hydrogens (tertiary/aromatic N) is 1. The summed E-state index contributed by atoms with van der Waals surface area (Å²) in [5, 5.41) is 0.983. The summed E-state index contributed by atoms with van der Waals surface area (Å²) in [6.45, 7) is 4.80. The van der Waals surface area contributed by atoms with Gasteiger partial charge < -0.3 is 19.3 Å². The number of benzene rings is 1. The van der Waals surface area contributed by atoms with E-state index < -0.39 is 13.4 Å². The SMILES string of the molecule is CCOC(OCC)P(=O)(O)CCCN(C)c1ccc(Cl)c(Cl)c1. The minimum absolute atomic E-state index is 0.128. The molecule has 0 amide bonds. The summed E-state index contributed by atoms with van der Waals surface area (Å²) in [7, 11) is -1.63. The van der Waals surface area contributed by atoms with Crippen molar-refractivity contribution in [3.63, 3.8) is 0 Å². The molecule has 0 heterocycles. The number of rotatable bonds is 10. The summed E-state index contributed by atoms with van der Waals surface area (Å²) in [5.41, 5.74) is 0.901. The van der Waals surface area contributed by atoms with Crippen molar-refractivity contribution in [3.05, 3.63) is 28.2 Å². The molecule has 8 heteroatoms. The maximum Gasteiger partial charge on any atom is 0.255 e. The normalized spacial score (nSPS) is 14.0. The average Bonchev–Trinajstić information content (AvgIpc) is 2.49. The molecule has 5 nitrogen and oxygen atoms in total. The first-order valence-electron chi connectivity index (χ1n) is 7.52. The monoisotopic (exact) mass is 383 g/mol. The Bertz CT molecular complexity index is 538. The molecule has 0 aliphatic heterocycles. The molecule has 0 radical (unpaired) electrons. The number of halogens is 2. The Hall–Kier alpha value is -0.290. The Morgan fingerprint density at radius 3 is 2.35 bits per heavy atom. The number of hydrogen-bond donors (Lipinski definition) is 1. The average molecular weight is 384 g/mol. The summed E-state index contributed by atoms with van der Waals surface area (Å²) in [4.78, 5) is 12.1. The zero-order valence-electron chi connectivity index (χ0n) is 13.7. The van der Waals surface area contributed by atoms with Crippen LogP contribution >= 0.6 is 30.6 Å². The number of hydrogen-bond acceptors (Lipinski definition) is 4. The first-order chi connectivity index (χ1) is 10.8. The van der Waals surface area contributed by atoms with E-state index in [0.29, 0.717) is 36.2 Å². The fraction of sp³-hybridized carbons (Fsp3) is 0.600. The van der Waals surface area contributed by atoms with Gasteiger partial charge in [-0.3, -0.25) is 4.57 Å². The van der Waals surface area contributed by atoms with Crippen LogP contribution in [0.25, 0.3) is 0 Å². The first kappa shape index (κ1) is 20.8. The van der Waals surface area contributed by atoms with E-state index in [2.05, 4.69) is 0 Å². The van der Waals surface area contributed by atoms with E-state index >= 15 is 0 Å². The second-order valence-electron chi connectivity index (χ2n) is 5.07. The highest BCUT2D eigenvalue weighted by Crippen LogP contribution is 2.47. The molecule has 1 N–H and O–H groups in total. The smallest absolute Gasteiger partial charge is 0.255 e. The molecule has 132 valence electrons. The second kappa shape index (κ2) is 9.87. The van der Waals surface area contributed by atoms with E-state index in [9.17, 15) is 9.46 Å². The molecule has 0 spiro atoms. The Labute approximate surface area is 147 Å². The van der Waals surface area contributed by atoms with Crippen molar-refractivity contribution in [2.24, 2.45) is 0 Å². The van der Waals surface area contributed by atoms with Crippen molar-refractivity contribution < 1.29 is 18.9 Å². The Kier molecular flexibility index (Phi) is 8.91. The maximum absolute atomic E-state index is 12.4. The van der Waals surface area contributed by atoms with Gasteiger partial charge in [0.05, 0.1) is 10.0 Å². The molecule has 0 saturated carbocycles. The van der Waals surface area contributed by atoms with E-state index in [0.717, 1.165) is 5.69 Å². The lowest BCUT2D eigenvalue weighted by Crippen LogP contribution is -2.22. The fourth-order valence-electron chi connectivity index (χ4n) is 2.06. The van der Waals surface area contributed by atoms with Crippen LogP contribution in [0.2, 0.25) is 10.0 Å². The minimum Gasteiger partial charge on any atom is -0.375 e. The van der Waals surface area contributed by atoms with E-state index in [4.69, 9.17) is 32.7 Å². The van der Waals surface area contributed by atoms with Gasteiger partial charge in [0.1, 0.15) is 0 Å². The van der Waals surface area contributed by atoms with Crippen LogP contribution in [0.5, 0.6) is 0 Å². The van der Waals surface area contributed by atoms with Crippen LogP contribution in [0.1, 0.15) is 20.3 Å². The Balaban J connectivity index is 2.56. The van der Waals surface area contributed by atoms with Gasteiger partial charge in [-0.05, 0) is 38.5 Å². The van der Waals surface area contributed by atoms with Crippen molar-refractivity contribution >= 4 is 36.3 Å². The van der Waals surface area contributed by atoms with Crippen molar-refractivity contribution in [3.8, 4) is 0 Å². The lowest BCUT2D eigenvalue weighted by atomic mass is 10.3. The van der Waals surface area contributed by atoms with Crippen LogP contribution in [0.15, 0.2) is 18.2 Å². The maximum atomic E-state index is 12.4. The van der Waals surface area contributed by atoms with Gasteiger partial charge in [0.25, 0.3) is 7.37 Å². The van der Waals surface area contributed by atoms with Crippen molar-refractivity contribution in [1.29, 1.82) is 0 Å². The zero-order valence-corrected chi connectivity index (χ0v) is 16.1. The van der Waals surface area contributed by atoms with Crippen LogP contribution in [0.3, 0.4) is 0 Å². The van der Waals surface area contributed by atoms with Gasteiger partial charge in [-0.1, -0.05) is 23.2 Å². The fourth-order valence-corrected chi connectivity index (χ4v) is 3.92. The summed E-state index contributed by atoms with van der Waals surface area (Å²) >= 11 is 11.9. The molecular weight excluding hydrogens is 360 g/mol.